The summed E-state index contributed by atoms with van der Waals surface area (Å²) in [5.41, 5.74) is 1.53. The maximum atomic E-state index is 10.4. The number of fused-ring (bicyclic) bond motifs is 1. The van der Waals surface area contributed by atoms with Crippen LogP contribution in [0.3, 0.4) is 0 Å². The van der Waals surface area contributed by atoms with Gasteiger partial charge in [0.1, 0.15) is 17.4 Å². The van der Waals surface area contributed by atoms with Crippen molar-refractivity contribution in [3.63, 3.8) is 0 Å². The van der Waals surface area contributed by atoms with Crippen molar-refractivity contribution < 1.29 is 9.52 Å². The lowest BCUT2D eigenvalue weighted by Gasteiger charge is -2.07. The molecule has 3 aromatic rings. The molecule has 1 aromatic heterocycles. The van der Waals surface area contributed by atoms with Crippen LogP contribution in [0.2, 0.25) is 0 Å². The third kappa shape index (κ3) is 2.72. The molecule has 2 nitrogen and oxygen atoms in total. The topological polar surface area (TPSA) is 33.4 Å². The molecule has 0 unspecified atom stereocenters. The highest BCUT2D eigenvalue weighted by atomic mass is 79.9. The Hall–Kier alpha value is -0.620. The van der Waals surface area contributed by atoms with Crippen LogP contribution in [0, 0.1) is 0 Å². The Kier molecular flexibility index (Phi) is 4.04. The normalized spacial score (nSPS) is 12.8. The van der Waals surface area contributed by atoms with Crippen molar-refractivity contribution in [2.75, 3.05) is 0 Å². The van der Waals surface area contributed by atoms with E-state index in [9.17, 15) is 5.11 Å². The number of aliphatic hydroxyl groups is 1. The number of rotatable bonds is 2. The van der Waals surface area contributed by atoms with Crippen LogP contribution in [0.25, 0.3) is 11.0 Å². The second-order valence-electron chi connectivity index (χ2n) is 4.41. The van der Waals surface area contributed by atoms with Gasteiger partial charge >= 0.3 is 0 Å². The third-order valence-electron chi connectivity index (χ3n) is 3.01. The van der Waals surface area contributed by atoms with E-state index in [-0.39, 0.29) is 0 Å². The molecular formula is C15H9Br3O2. The molecule has 0 fully saturated rings. The van der Waals surface area contributed by atoms with E-state index in [1.165, 1.54) is 0 Å². The van der Waals surface area contributed by atoms with Gasteiger partial charge < -0.3 is 9.52 Å². The summed E-state index contributed by atoms with van der Waals surface area (Å²) in [5.74, 6) is 0.529. The maximum Gasteiger partial charge on any atom is 0.148 e. The molecule has 0 bridgehead atoms. The summed E-state index contributed by atoms with van der Waals surface area (Å²) in [6.45, 7) is 0. The zero-order valence-corrected chi connectivity index (χ0v) is 14.9. The fourth-order valence-corrected chi connectivity index (χ4v) is 3.64. The van der Waals surface area contributed by atoms with Gasteiger partial charge in [0.25, 0.3) is 0 Å². The van der Waals surface area contributed by atoms with Gasteiger partial charge in [0.2, 0.25) is 0 Å². The Morgan fingerprint density at radius 3 is 2.30 bits per heavy atom. The molecule has 0 amide bonds. The lowest BCUT2D eigenvalue weighted by atomic mass is 10.1. The predicted octanol–water partition coefficient (Wildman–Crippen LogP) is 5.80. The van der Waals surface area contributed by atoms with Crippen molar-refractivity contribution in [3.8, 4) is 0 Å². The Morgan fingerprint density at radius 1 is 0.900 bits per heavy atom. The van der Waals surface area contributed by atoms with Crippen molar-refractivity contribution in [3.05, 3.63) is 67.2 Å². The molecular weight excluding hydrogens is 452 g/mol. The quantitative estimate of drug-likeness (QED) is 0.524. The minimum Gasteiger partial charge on any atom is -0.457 e. The highest BCUT2D eigenvalue weighted by Gasteiger charge is 2.17. The lowest BCUT2D eigenvalue weighted by molar-refractivity contribution is 0.192. The van der Waals surface area contributed by atoms with Crippen LogP contribution in [0.5, 0.6) is 0 Å². The number of halogens is 3. The number of hydrogen-bond acceptors (Lipinski definition) is 2. The van der Waals surface area contributed by atoms with Crippen molar-refractivity contribution in [1.29, 1.82) is 0 Å². The average molecular weight is 461 g/mol. The summed E-state index contributed by atoms with van der Waals surface area (Å²) in [4.78, 5) is 0. The van der Waals surface area contributed by atoms with E-state index in [2.05, 4.69) is 47.8 Å². The molecule has 0 spiro atoms. The Morgan fingerprint density at radius 2 is 1.60 bits per heavy atom. The molecule has 0 saturated heterocycles. The van der Waals surface area contributed by atoms with Crippen molar-refractivity contribution in [1.82, 2.24) is 0 Å². The van der Waals surface area contributed by atoms with E-state index >= 15 is 0 Å². The molecule has 20 heavy (non-hydrogen) atoms. The number of hydrogen-bond donors (Lipinski definition) is 1. The van der Waals surface area contributed by atoms with Crippen molar-refractivity contribution >= 4 is 58.8 Å². The van der Waals surface area contributed by atoms with Gasteiger partial charge in [-0.25, -0.2) is 0 Å². The van der Waals surface area contributed by atoms with Crippen LogP contribution < -0.4 is 0 Å². The molecule has 2 aromatic carbocycles. The van der Waals surface area contributed by atoms with E-state index in [0.29, 0.717) is 5.76 Å². The number of benzene rings is 2. The van der Waals surface area contributed by atoms with Gasteiger partial charge in [-0.3, -0.25) is 0 Å². The van der Waals surface area contributed by atoms with Crippen molar-refractivity contribution in [2.45, 2.75) is 6.10 Å². The largest absolute Gasteiger partial charge is 0.457 e. The first kappa shape index (κ1) is 14.3. The summed E-state index contributed by atoms with van der Waals surface area (Å²) in [5, 5.41) is 11.3. The minimum atomic E-state index is -0.777. The zero-order valence-electron chi connectivity index (χ0n) is 10.1. The summed E-state index contributed by atoms with van der Waals surface area (Å²) < 4.78 is 8.57. The van der Waals surface area contributed by atoms with E-state index in [1.807, 2.05) is 42.5 Å². The van der Waals surface area contributed by atoms with E-state index in [1.54, 1.807) is 0 Å². The number of aliphatic hydroxyl groups excluding tert-OH is 1. The monoisotopic (exact) mass is 458 g/mol. The van der Waals surface area contributed by atoms with Crippen LogP contribution in [0.15, 0.2) is 60.3 Å². The first-order chi connectivity index (χ1) is 9.54. The molecule has 0 aliphatic carbocycles. The molecule has 0 aliphatic rings. The predicted molar refractivity (Wildman–Crippen MR) is 89.8 cm³/mol. The van der Waals surface area contributed by atoms with Gasteiger partial charge in [-0.15, -0.1) is 0 Å². The van der Waals surface area contributed by atoms with Crippen molar-refractivity contribution in [2.24, 2.45) is 0 Å². The molecule has 3 rings (SSSR count). The fraction of sp³-hybridized carbons (Fsp3) is 0.0667. The molecule has 0 saturated carbocycles. The van der Waals surface area contributed by atoms with Crippen LogP contribution in [0.4, 0.5) is 0 Å². The molecule has 1 heterocycles. The molecule has 1 N–H and O–H groups in total. The second-order valence-corrected chi connectivity index (χ2v) is 7.09. The first-order valence-corrected chi connectivity index (χ1v) is 8.24. The van der Waals surface area contributed by atoms with Gasteiger partial charge in [-0.1, -0.05) is 44.0 Å². The summed E-state index contributed by atoms with van der Waals surface area (Å²) in [6.07, 6.45) is -0.777. The standard InChI is InChI=1S/C15H9Br3O2/c16-10-3-1-8(2-4-10)14(19)13-6-9-5-11(17)7-12(18)15(9)20-13/h1-7,14,19H/t14-/m0/s1. The smallest absolute Gasteiger partial charge is 0.148 e. The lowest BCUT2D eigenvalue weighted by Crippen LogP contribution is -1.97. The highest BCUT2D eigenvalue weighted by molar-refractivity contribution is 9.11. The SMILES string of the molecule is O[C@@H](c1ccc(Br)cc1)c1cc2cc(Br)cc(Br)c2o1. The summed E-state index contributed by atoms with van der Waals surface area (Å²) in [7, 11) is 0. The van der Waals surface area contributed by atoms with Gasteiger partial charge in [-0.05, 0) is 51.8 Å². The first-order valence-electron chi connectivity index (χ1n) is 5.86. The fourth-order valence-electron chi connectivity index (χ4n) is 2.04. The zero-order chi connectivity index (χ0) is 14.3. The van der Waals surface area contributed by atoms with Gasteiger partial charge in [-0.2, -0.15) is 0 Å². The Balaban J connectivity index is 2.05. The molecule has 5 heteroatoms. The van der Waals surface area contributed by atoms with Crippen LogP contribution >= 0.6 is 47.8 Å². The van der Waals surface area contributed by atoms with Gasteiger partial charge in [0, 0.05) is 14.3 Å². The Bertz CT molecular complexity index is 763. The van der Waals surface area contributed by atoms with Gasteiger partial charge in [0.05, 0.1) is 4.47 Å². The summed E-state index contributed by atoms with van der Waals surface area (Å²) in [6, 6.07) is 13.3. The van der Waals surface area contributed by atoms with Gasteiger partial charge in [0.15, 0.2) is 0 Å². The average Bonchev–Trinajstić information content (AvgIpc) is 2.83. The molecule has 0 radical (unpaired) electrons. The highest BCUT2D eigenvalue weighted by Crippen LogP contribution is 2.34. The number of furan rings is 1. The minimum absolute atomic E-state index is 0.529. The molecule has 0 aliphatic heterocycles. The van der Waals surface area contributed by atoms with E-state index < -0.39 is 6.10 Å². The van der Waals surface area contributed by atoms with E-state index in [0.717, 1.165) is 30.0 Å². The van der Waals surface area contributed by atoms with Crippen LogP contribution in [-0.2, 0) is 0 Å². The van der Waals surface area contributed by atoms with Crippen LogP contribution in [0.1, 0.15) is 17.4 Å². The second kappa shape index (κ2) is 5.64. The summed E-state index contributed by atoms with van der Waals surface area (Å²) >= 11 is 10.3. The van der Waals surface area contributed by atoms with Crippen LogP contribution in [-0.4, -0.2) is 5.11 Å². The molecule has 1 atom stereocenters. The maximum absolute atomic E-state index is 10.4. The Labute approximate surface area is 141 Å². The third-order valence-corrected chi connectivity index (χ3v) is 4.59. The van der Waals surface area contributed by atoms with E-state index in [4.69, 9.17) is 4.42 Å². The molecule has 102 valence electrons.